The zero-order valence-corrected chi connectivity index (χ0v) is 8.04. The lowest BCUT2D eigenvalue weighted by Gasteiger charge is -2.10. The van der Waals surface area contributed by atoms with Crippen molar-refractivity contribution in [1.82, 2.24) is 15.1 Å². The SMILES string of the molecule is CN1CCC(Nc2nncs2)C1=O. The van der Waals surface area contributed by atoms with E-state index in [1.54, 1.807) is 10.4 Å². The quantitative estimate of drug-likeness (QED) is 0.736. The van der Waals surface area contributed by atoms with E-state index in [1.807, 2.05) is 7.05 Å². The zero-order chi connectivity index (χ0) is 9.26. The molecular weight excluding hydrogens is 188 g/mol. The van der Waals surface area contributed by atoms with E-state index in [9.17, 15) is 4.79 Å². The van der Waals surface area contributed by atoms with E-state index in [2.05, 4.69) is 15.5 Å². The third-order valence-electron chi connectivity index (χ3n) is 2.09. The Labute approximate surface area is 79.8 Å². The minimum Gasteiger partial charge on any atom is -0.348 e. The summed E-state index contributed by atoms with van der Waals surface area (Å²) in [6, 6.07) is -0.113. The second-order valence-electron chi connectivity index (χ2n) is 2.99. The van der Waals surface area contributed by atoms with Crippen molar-refractivity contribution in [2.75, 3.05) is 18.9 Å². The molecule has 0 radical (unpaired) electrons. The van der Waals surface area contributed by atoms with Crippen LogP contribution in [0.25, 0.3) is 0 Å². The molecule has 0 spiro atoms. The number of nitrogens with one attached hydrogen (secondary N) is 1. The van der Waals surface area contributed by atoms with Gasteiger partial charge in [0, 0.05) is 13.6 Å². The van der Waals surface area contributed by atoms with Gasteiger partial charge < -0.3 is 10.2 Å². The number of aromatic nitrogens is 2. The number of likely N-dealkylation sites (N-methyl/N-ethyl adjacent to an activating group) is 1. The summed E-state index contributed by atoms with van der Waals surface area (Å²) in [5.74, 6) is 0.134. The van der Waals surface area contributed by atoms with E-state index < -0.39 is 0 Å². The Morgan fingerprint density at radius 2 is 2.62 bits per heavy atom. The summed E-state index contributed by atoms with van der Waals surface area (Å²) in [5.41, 5.74) is 1.64. The van der Waals surface area contributed by atoms with Crippen molar-refractivity contribution in [3.05, 3.63) is 5.51 Å². The lowest BCUT2D eigenvalue weighted by molar-refractivity contribution is -0.127. The zero-order valence-electron chi connectivity index (χ0n) is 7.23. The summed E-state index contributed by atoms with van der Waals surface area (Å²) in [4.78, 5) is 13.2. The van der Waals surface area contributed by atoms with Crippen LogP contribution in [-0.2, 0) is 4.79 Å². The van der Waals surface area contributed by atoms with Crippen LogP contribution in [0.5, 0.6) is 0 Å². The number of nitrogens with zero attached hydrogens (tertiary/aromatic N) is 3. The van der Waals surface area contributed by atoms with Crippen LogP contribution >= 0.6 is 11.3 Å². The van der Waals surface area contributed by atoms with E-state index in [4.69, 9.17) is 0 Å². The second-order valence-corrected chi connectivity index (χ2v) is 3.82. The number of carbonyl (C=O) groups excluding carboxylic acids is 1. The first-order chi connectivity index (χ1) is 6.27. The van der Waals surface area contributed by atoms with Crippen molar-refractivity contribution in [3.8, 4) is 0 Å². The topological polar surface area (TPSA) is 58.1 Å². The van der Waals surface area contributed by atoms with Gasteiger partial charge in [-0.15, -0.1) is 10.2 Å². The van der Waals surface area contributed by atoms with Gasteiger partial charge in [0.05, 0.1) is 0 Å². The summed E-state index contributed by atoms with van der Waals surface area (Å²) in [5, 5.41) is 11.3. The standard InChI is InChI=1S/C7H10N4OS/c1-11-3-2-5(6(11)12)9-7-10-8-4-13-7/h4-5H,2-3H2,1H3,(H,9,10). The maximum Gasteiger partial charge on any atom is 0.244 e. The Morgan fingerprint density at radius 1 is 1.77 bits per heavy atom. The van der Waals surface area contributed by atoms with Crippen LogP contribution < -0.4 is 5.32 Å². The molecule has 0 aromatic carbocycles. The van der Waals surface area contributed by atoms with Gasteiger partial charge in [-0.05, 0) is 6.42 Å². The molecular formula is C7H10N4OS. The van der Waals surface area contributed by atoms with Crippen molar-refractivity contribution < 1.29 is 4.79 Å². The molecule has 1 unspecified atom stereocenters. The summed E-state index contributed by atoms with van der Waals surface area (Å²) < 4.78 is 0. The molecule has 2 heterocycles. The highest BCUT2D eigenvalue weighted by Crippen LogP contribution is 2.16. The molecule has 13 heavy (non-hydrogen) atoms. The molecule has 0 saturated carbocycles. The third-order valence-corrected chi connectivity index (χ3v) is 2.71. The highest BCUT2D eigenvalue weighted by Gasteiger charge is 2.29. The van der Waals surface area contributed by atoms with Gasteiger partial charge in [0.15, 0.2) is 0 Å². The number of hydrogen-bond donors (Lipinski definition) is 1. The molecule has 6 heteroatoms. The van der Waals surface area contributed by atoms with Crippen molar-refractivity contribution in [2.24, 2.45) is 0 Å². The van der Waals surface area contributed by atoms with E-state index in [1.165, 1.54) is 11.3 Å². The predicted molar refractivity (Wildman–Crippen MR) is 49.6 cm³/mol. The average molecular weight is 198 g/mol. The summed E-state index contributed by atoms with van der Waals surface area (Å²) in [6.07, 6.45) is 0.842. The highest BCUT2D eigenvalue weighted by atomic mass is 32.1. The van der Waals surface area contributed by atoms with Crippen molar-refractivity contribution in [1.29, 1.82) is 0 Å². The van der Waals surface area contributed by atoms with Crippen molar-refractivity contribution in [2.45, 2.75) is 12.5 Å². The summed E-state index contributed by atoms with van der Waals surface area (Å²) in [6.45, 7) is 0.815. The van der Waals surface area contributed by atoms with Crippen LogP contribution in [0.4, 0.5) is 5.13 Å². The maximum atomic E-state index is 11.5. The highest BCUT2D eigenvalue weighted by molar-refractivity contribution is 7.13. The van der Waals surface area contributed by atoms with Gasteiger partial charge in [-0.1, -0.05) is 11.3 Å². The Balaban J connectivity index is 2.00. The van der Waals surface area contributed by atoms with Crippen LogP contribution in [0, 0.1) is 0 Å². The monoisotopic (exact) mass is 198 g/mol. The molecule has 1 saturated heterocycles. The first-order valence-corrected chi connectivity index (χ1v) is 4.93. The van der Waals surface area contributed by atoms with E-state index in [0.717, 1.165) is 13.0 Å². The molecule has 1 fully saturated rings. The summed E-state index contributed by atoms with van der Waals surface area (Å²) in [7, 11) is 1.81. The maximum absolute atomic E-state index is 11.5. The molecule has 0 bridgehead atoms. The molecule has 2 rings (SSSR count). The molecule has 5 nitrogen and oxygen atoms in total. The minimum absolute atomic E-state index is 0.113. The Morgan fingerprint density at radius 3 is 3.15 bits per heavy atom. The van der Waals surface area contributed by atoms with Gasteiger partial charge in [0.2, 0.25) is 11.0 Å². The number of rotatable bonds is 2. The Bertz CT molecular complexity index is 299. The van der Waals surface area contributed by atoms with E-state index in [0.29, 0.717) is 5.13 Å². The van der Waals surface area contributed by atoms with Crippen molar-refractivity contribution in [3.63, 3.8) is 0 Å². The largest absolute Gasteiger partial charge is 0.348 e. The lowest BCUT2D eigenvalue weighted by atomic mass is 10.2. The molecule has 1 aliphatic heterocycles. The Kier molecular flexibility index (Phi) is 2.13. The smallest absolute Gasteiger partial charge is 0.244 e. The lowest BCUT2D eigenvalue weighted by Crippen LogP contribution is -2.30. The van der Waals surface area contributed by atoms with Crippen LogP contribution in [0.15, 0.2) is 5.51 Å². The molecule has 0 aliphatic carbocycles. The fraction of sp³-hybridized carbons (Fsp3) is 0.571. The average Bonchev–Trinajstić information content (AvgIpc) is 2.71. The number of amides is 1. The molecule has 1 N–H and O–H groups in total. The fourth-order valence-corrected chi connectivity index (χ4v) is 1.84. The van der Waals surface area contributed by atoms with Crippen LogP contribution in [0.3, 0.4) is 0 Å². The first kappa shape index (κ1) is 8.43. The van der Waals surface area contributed by atoms with Gasteiger partial charge in [0.25, 0.3) is 0 Å². The predicted octanol–water partition coefficient (Wildman–Crippen LogP) is 0.181. The molecule has 1 atom stereocenters. The van der Waals surface area contributed by atoms with Crippen LogP contribution in [0.2, 0.25) is 0 Å². The molecule has 1 aromatic rings. The third kappa shape index (κ3) is 1.62. The first-order valence-electron chi connectivity index (χ1n) is 4.05. The van der Waals surface area contributed by atoms with Gasteiger partial charge in [-0.3, -0.25) is 4.79 Å². The van der Waals surface area contributed by atoms with Gasteiger partial charge in [0.1, 0.15) is 11.6 Å². The number of anilines is 1. The van der Waals surface area contributed by atoms with E-state index >= 15 is 0 Å². The number of hydrogen-bond acceptors (Lipinski definition) is 5. The van der Waals surface area contributed by atoms with Crippen LogP contribution in [0.1, 0.15) is 6.42 Å². The van der Waals surface area contributed by atoms with E-state index in [-0.39, 0.29) is 11.9 Å². The van der Waals surface area contributed by atoms with Gasteiger partial charge in [-0.2, -0.15) is 0 Å². The summed E-state index contributed by atoms with van der Waals surface area (Å²) >= 11 is 1.41. The van der Waals surface area contributed by atoms with Crippen LogP contribution in [-0.4, -0.2) is 40.6 Å². The molecule has 1 amide bonds. The van der Waals surface area contributed by atoms with Crippen molar-refractivity contribution >= 4 is 22.4 Å². The Hall–Kier alpha value is -1.17. The molecule has 1 aromatic heterocycles. The second kappa shape index (κ2) is 3.29. The van der Waals surface area contributed by atoms with Gasteiger partial charge in [-0.25, -0.2) is 0 Å². The minimum atomic E-state index is -0.113. The fourth-order valence-electron chi connectivity index (χ4n) is 1.34. The normalized spacial score (nSPS) is 22.4. The molecule has 1 aliphatic rings. The number of likely N-dealkylation sites (tertiary alicyclic amines) is 1. The van der Waals surface area contributed by atoms with Gasteiger partial charge >= 0.3 is 0 Å². The molecule has 70 valence electrons. The number of carbonyl (C=O) groups is 1.